The summed E-state index contributed by atoms with van der Waals surface area (Å²) in [5.41, 5.74) is 4.02. The molecular formula is C25H22N4O2. The zero-order valence-electron chi connectivity index (χ0n) is 17.1. The van der Waals surface area contributed by atoms with Crippen LogP contribution in [0.5, 0.6) is 5.75 Å². The van der Waals surface area contributed by atoms with Crippen molar-refractivity contribution in [2.24, 2.45) is 0 Å². The third kappa shape index (κ3) is 4.51. The number of carbonyl (C=O) groups is 1. The zero-order chi connectivity index (χ0) is 21.6. The fourth-order valence-electron chi connectivity index (χ4n) is 3.47. The van der Waals surface area contributed by atoms with Crippen LogP contribution in [0, 0.1) is 11.3 Å². The predicted octanol–water partition coefficient (Wildman–Crippen LogP) is 4.23. The van der Waals surface area contributed by atoms with E-state index in [0.29, 0.717) is 13.0 Å². The van der Waals surface area contributed by atoms with Gasteiger partial charge in [0.15, 0.2) is 0 Å². The maximum Gasteiger partial charge on any atom is 0.261 e. The van der Waals surface area contributed by atoms with E-state index in [4.69, 9.17) is 4.74 Å². The molecule has 2 aromatic carbocycles. The highest BCUT2D eigenvalue weighted by Crippen LogP contribution is 2.19. The molecule has 0 fully saturated rings. The topological polar surface area (TPSA) is 82.8 Å². The number of ether oxygens (including phenoxy) is 1. The summed E-state index contributed by atoms with van der Waals surface area (Å²) in [6.45, 7) is 0.451. The van der Waals surface area contributed by atoms with Gasteiger partial charge in [-0.05, 0) is 60.0 Å². The van der Waals surface area contributed by atoms with Crippen LogP contribution in [0.2, 0.25) is 0 Å². The molecular weight excluding hydrogens is 388 g/mol. The number of nitrogens with zero attached hydrogens (tertiary/aromatic N) is 2. The van der Waals surface area contributed by atoms with Gasteiger partial charge in [0.25, 0.3) is 5.91 Å². The standard InChI is InChI=1S/C25H22N4O2/c1-31-22-8-6-21(7-9-22)29-13-11-18(17-29)14-20(15-26)25(30)27-12-10-19-16-28-24-5-3-2-4-23(19)24/h2-9,11,13-14,16-17,28H,10,12H2,1H3,(H,27,30)/b20-14+. The summed E-state index contributed by atoms with van der Waals surface area (Å²) in [6, 6.07) is 19.6. The number of aromatic nitrogens is 2. The van der Waals surface area contributed by atoms with Gasteiger partial charge in [-0.1, -0.05) is 18.2 Å². The molecule has 4 aromatic rings. The minimum absolute atomic E-state index is 0.0754. The van der Waals surface area contributed by atoms with Crippen LogP contribution in [0.1, 0.15) is 11.1 Å². The Morgan fingerprint density at radius 2 is 2.00 bits per heavy atom. The molecule has 1 amide bonds. The summed E-state index contributed by atoms with van der Waals surface area (Å²) in [7, 11) is 1.63. The second-order valence-corrected chi connectivity index (χ2v) is 7.09. The summed E-state index contributed by atoms with van der Waals surface area (Å²) >= 11 is 0. The Labute approximate surface area is 180 Å². The molecule has 0 aliphatic carbocycles. The average Bonchev–Trinajstić information content (AvgIpc) is 3.45. The van der Waals surface area contributed by atoms with Crippen molar-refractivity contribution in [1.82, 2.24) is 14.9 Å². The van der Waals surface area contributed by atoms with Crippen molar-refractivity contribution in [2.45, 2.75) is 6.42 Å². The fourth-order valence-corrected chi connectivity index (χ4v) is 3.47. The van der Waals surface area contributed by atoms with Gasteiger partial charge in [-0.3, -0.25) is 4.79 Å². The van der Waals surface area contributed by atoms with Gasteiger partial charge >= 0.3 is 0 Å². The molecule has 2 N–H and O–H groups in total. The molecule has 0 saturated heterocycles. The number of nitriles is 1. The van der Waals surface area contributed by atoms with Crippen molar-refractivity contribution in [1.29, 1.82) is 5.26 Å². The molecule has 0 aliphatic rings. The molecule has 6 nitrogen and oxygen atoms in total. The Morgan fingerprint density at radius 1 is 1.19 bits per heavy atom. The molecule has 31 heavy (non-hydrogen) atoms. The smallest absolute Gasteiger partial charge is 0.261 e. The van der Waals surface area contributed by atoms with Gasteiger partial charge in [-0.15, -0.1) is 0 Å². The summed E-state index contributed by atoms with van der Waals surface area (Å²) in [5, 5.41) is 13.4. The van der Waals surface area contributed by atoms with Crippen molar-refractivity contribution in [3.63, 3.8) is 0 Å². The van der Waals surface area contributed by atoms with E-state index in [9.17, 15) is 10.1 Å². The maximum atomic E-state index is 12.5. The van der Waals surface area contributed by atoms with Crippen molar-refractivity contribution >= 4 is 22.9 Å². The molecule has 0 saturated carbocycles. The third-order valence-corrected chi connectivity index (χ3v) is 5.12. The van der Waals surface area contributed by atoms with Crippen LogP contribution in [-0.4, -0.2) is 29.1 Å². The van der Waals surface area contributed by atoms with Crippen LogP contribution in [0.4, 0.5) is 0 Å². The normalized spacial score (nSPS) is 11.3. The lowest BCUT2D eigenvalue weighted by Crippen LogP contribution is -2.26. The SMILES string of the molecule is COc1ccc(-n2ccc(/C=C(\C#N)C(=O)NCCc3c[nH]c4ccccc34)c2)cc1. The highest BCUT2D eigenvalue weighted by molar-refractivity contribution is 6.01. The lowest BCUT2D eigenvalue weighted by molar-refractivity contribution is -0.117. The van der Waals surface area contributed by atoms with E-state index >= 15 is 0 Å². The lowest BCUT2D eigenvalue weighted by Gasteiger charge is -2.04. The Hall–Kier alpha value is -4.24. The van der Waals surface area contributed by atoms with Gasteiger partial charge in [0.05, 0.1) is 7.11 Å². The van der Waals surface area contributed by atoms with Crippen LogP contribution in [0.15, 0.2) is 78.8 Å². The Balaban J connectivity index is 1.40. The zero-order valence-corrected chi connectivity index (χ0v) is 17.1. The number of hydrogen-bond donors (Lipinski definition) is 2. The summed E-state index contributed by atoms with van der Waals surface area (Å²) in [5.74, 6) is 0.409. The van der Waals surface area contributed by atoms with E-state index in [0.717, 1.165) is 33.5 Å². The van der Waals surface area contributed by atoms with Crippen molar-refractivity contribution in [3.8, 4) is 17.5 Å². The molecule has 0 spiro atoms. The second-order valence-electron chi connectivity index (χ2n) is 7.09. The van der Waals surface area contributed by atoms with Crippen LogP contribution < -0.4 is 10.1 Å². The average molecular weight is 410 g/mol. The minimum atomic E-state index is -0.375. The van der Waals surface area contributed by atoms with Crippen molar-refractivity contribution in [3.05, 3.63) is 89.9 Å². The number of amides is 1. The summed E-state index contributed by atoms with van der Waals surface area (Å²) in [6.07, 6.45) is 8.00. The molecule has 0 bridgehead atoms. The van der Waals surface area contributed by atoms with E-state index in [1.54, 1.807) is 13.2 Å². The number of benzene rings is 2. The quantitative estimate of drug-likeness (QED) is 0.353. The van der Waals surface area contributed by atoms with Gasteiger partial charge in [0.2, 0.25) is 0 Å². The number of H-pyrrole nitrogens is 1. The number of rotatable bonds is 7. The minimum Gasteiger partial charge on any atom is -0.497 e. The molecule has 0 radical (unpaired) electrons. The van der Waals surface area contributed by atoms with Gasteiger partial charge in [-0.25, -0.2) is 0 Å². The van der Waals surface area contributed by atoms with Crippen molar-refractivity contribution < 1.29 is 9.53 Å². The number of hydrogen-bond acceptors (Lipinski definition) is 3. The largest absolute Gasteiger partial charge is 0.497 e. The molecule has 2 heterocycles. The number of aromatic amines is 1. The van der Waals surface area contributed by atoms with E-state index in [2.05, 4.69) is 16.4 Å². The van der Waals surface area contributed by atoms with Crippen LogP contribution in [0.3, 0.4) is 0 Å². The number of carbonyl (C=O) groups excluding carboxylic acids is 1. The molecule has 0 unspecified atom stereocenters. The van der Waals surface area contributed by atoms with Crippen LogP contribution in [0.25, 0.3) is 22.7 Å². The molecule has 2 aromatic heterocycles. The monoisotopic (exact) mass is 410 g/mol. The van der Waals surface area contributed by atoms with Gasteiger partial charge in [0, 0.05) is 41.7 Å². The van der Waals surface area contributed by atoms with E-state index < -0.39 is 0 Å². The van der Waals surface area contributed by atoms with E-state index in [1.807, 2.05) is 77.8 Å². The van der Waals surface area contributed by atoms with Crippen molar-refractivity contribution in [2.75, 3.05) is 13.7 Å². The summed E-state index contributed by atoms with van der Waals surface area (Å²) in [4.78, 5) is 15.7. The number of methoxy groups -OCH3 is 1. The second kappa shape index (κ2) is 9.06. The van der Waals surface area contributed by atoms with Gasteiger partial charge < -0.3 is 19.6 Å². The Kier molecular flexibility index (Phi) is 5.86. The van der Waals surface area contributed by atoms with Crippen LogP contribution in [-0.2, 0) is 11.2 Å². The molecule has 0 atom stereocenters. The maximum absolute atomic E-state index is 12.5. The first kappa shape index (κ1) is 20.0. The van der Waals surface area contributed by atoms with Gasteiger partial charge in [-0.2, -0.15) is 5.26 Å². The lowest BCUT2D eigenvalue weighted by atomic mass is 10.1. The summed E-state index contributed by atoms with van der Waals surface area (Å²) < 4.78 is 7.11. The molecule has 0 aliphatic heterocycles. The first-order chi connectivity index (χ1) is 15.2. The first-order valence-corrected chi connectivity index (χ1v) is 9.95. The predicted molar refractivity (Wildman–Crippen MR) is 121 cm³/mol. The fraction of sp³-hybridized carbons (Fsp3) is 0.120. The highest BCUT2D eigenvalue weighted by Gasteiger charge is 2.10. The number of para-hydroxylation sites is 1. The van der Waals surface area contributed by atoms with Crippen LogP contribution >= 0.6 is 0 Å². The van der Waals surface area contributed by atoms with E-state index in [-0.39, 0.29) is 11.5 Å². The Morgan fingerprint density at radius 3 is 2.77 bits per heavy atom. The molecule has 4 rings (SSSR count). The first-order valence-electron chi connectivity index (χ1n) is 9.95. The Bertz CT molecular complexity index is 1270. The van der Waals surface area contributed by atoms with Gasteiger partial charge in [0.1, 0.15) is 17.4 Å². The molecule has 154 valence electrons. The highest BCUT2D eigenvalue weighted by atomic mass is 16.5. The third-order valence-electron chi connectivity index (χ3n) is 5.12. The number of fused-ring (bicyclic) bond motifs is 1. The van der Waals surface area contributed by atoms with E-state index in [1.165, 1.54) is 0 Å². The molecule has 6 heteroatoms. The number of nitrogens with one attached hydrogen (secondary N) is 2.